The molecule has 0 saturated heterocycles. The lowest BCUT2D eigenvalue weighted by Crippen LogP contribution is -1.99. The van der Waals surface area contributed by atoms with Crippen LogP contribution in [0.4, 0.5) is 28.4 Å². The molecule has 0 atom stereocenters. The van der Waals surface area contributed by atoms with Gasteiger partial charge in [0.2, 0.25) is 0 Å². The van der Waals surface area contributed by atoms with Crippen molar-refractivity contribution in [3.8, 4) is 0 Å². The maximum absolute atomic E-state index is 6.24. The number of anilines is 3. The Balaban J connectivity index is 2.14. The van der Waals surface area contributed by atoms with Crippen LogP contribution >= 0.6 is 39.1 Å². The molecule has 9 heteroatoms. The first-order valence-corrected chi connectivity index (χ1v) is 7.62. The summed E-state index contributed by atoms with van der Waals surface area (Å²) >= 11 is 16.8. The third-order valence-electron chi connectivity index (χ3n) is 2.62. The van der Waals surface area contributed by atoms with E-state index in [1.807, 2.05) is 0 Å². The summed E-state index contributed by atoms with van der Waals surface area (Å²) in [4.78, 5) is 3.98. The number of nitrogens with one attached hydrogen (secondary N) is 1. The van der Waals surface area contributed by atoms with Crippen molar-refractivity contribution in [2.24, 2.45) is 8.73 Å². The van der Waals surface area contributed by atoms with Crippen LogP contribution in [0.15, 0.2) is 31.7 Å². The van der Waals surface area contributed by atoms with Gasteiger partial charge < -0.3 is 11.1 Å². The van der Waals surface area contributed by atoms with E-state index in [4.69, 9.17) is 28.9 Å². The maximum Gasteiger partial charge on any atom is 0.131 e. The molecule has 1 aromatic carbocycles. The van der Waals surface area contributed by atoms with Crippen molar-refractivity contribution in [2.45, 2.75) is 0 Å². The van der Waals surface area contributed by atoms with E-state index < -0.39 is 0 Å². The molecule has 0 aliphatic carbocycles. The Hall–Kier alpha value is -1.15. The van der Waals surface area contributed by atoms with E-state index in [1.165, 1.54) is 0 Å². The first kappa shape index (κ1) is 13.8. The van der Waals surface area contributed by atoms with Gasteiger partial charge in [-0.3, -0.25) is 4.98 Å². The third-order valence-corrected chi connectivity index (χ3v) is 4.34. The van der Waals surface area contributed by atoms with Gasteiger partial charge in [0.15, 0.2) is 0 Å². The Morgan fingerprint density at radius 3 is 2.60 bits per heavy atom. The van der Waals surface area contributed by atoms with Gasteiger partial charge in [0.1, 0.15) is 11.4 Å². The molecule has 1 aliphatic rings. The van der Waals surface area contributed by atoms with Crippen molar-refractivity contribution in [2.75, 3.05) is 11.1 Å². The fraction of sp³-hybridized carbons (Fsp3) is 0. The number of nitrogen functional groups attached to an aromatic ring is 1. The van der Waals surface area contributed by atoms with Crippen molar-refractivity contribution in [1.82, 2.24) is 4.98 Å². The number of benzene rings is 1. The molecule has 3 N–H and O–H groups in total. The van der Waals surface area contributed by atoms with E-state index in [0.29, 0.717) is 38.5 Å². The normalized spacial score (nSPS) is 12.2. The Morgan fingerprint density at radius 2 is 1.85 bits per heavy atom. The molecule has 0 fully saturated rings. The van der Waals surface area contributed by atoms with Crippen LogP contribution in [0, 0.1) is 0 Å². The topological polar surface area (TPSA) is 75.7 Å². The molecule has 0 saturated carbocycles. The van der Waals surface area contributed by atoms with Crippen molar-refractivity contribution < 1.29 is 0 Å². The number of fused-ring (bicyclic) bond motifs is 1. The van der Waals surface area contributed by atoms with Crippen molar-refractivity contribution >= 4 is 78.9 Å². The third kappa shape index (κ3) is 2.31. The molecule has 0 spiro atoms. The van der Waals surface area contributed by atoms with E-state index >= 15 is 0 Å². The zero-order chi connectivity index (χ0) is 14.3. The number of pyridine rings is 1. The standard InChI is InChI=1S/C11H6BrCl2N5S/c12-4-2-16-3-7(15)8(4)17-9-5(13)1-6(14)10-11(9)19-20-18-10/h1-3H,15H2,(H,16,17). The summed E-state index contributed by atoms with van der Waals surface area (Å²) in [5.41, 5.74) is 8.88. The van der Waals surface area contributed by atoms with Crippen molar-refractivity contribution in [1.29, 1.82) is 0 Å². The number of nitrogens with two attached hydrogens (primary N) is 1. The minimum absolute atomic E-state index is 0.443. The minimum atomic E-state index is 0.443. The fourth-order valence-corrected chi connectivity index (χ4v) is 3.31. The van der Waals surface area contributed by atoms with Crippen LogP contribution in [-0.4, -0.2) is 4.98 Å². The summed E-state index contributed by atoms with van der Waals surface area (Å²) in [6.45, 7) is 0. The lowest BCUT2D eigenvalue weighted by atomic mass is 10.2. The molecule has 1 aliphatic heterocycles. The van der Waals surface area contributed by atoms with Crippen LogP contribution in [-0.2, 0) is 11.4 Å². The second kappa shape index (κ2) is 5.33. The molecule has 0 bridgehead atoms. The zero-order valence-electron chi connectivity index (χ0n) is 9.69. The van der Waals surface area contributed by atoms with Gasteiger partial charge in [-0.15, -0.1) is 0 Å². The first-order chi connectivity index (χ1) is 9.58. The molecule has 0 amide bonds. The number of rotatable bonds is 2. The lowest BCUT2D eigenvalue weighted by molar-refractivity contribution is 1.31. The molecule has 2 aromatic rings. The predicted octanol–water partition coefficient (Wildman–Crippen LogP) is 5.20. The van der Waals surface area contributed by atoms with Gasteiger partial charge in [-0.25, -0.2) is 0 Å². The molecule has 0 unspecified atom stereocenters. The van der Waals surface area contributed by atoms with Crippen LogP contribution in [0.1, 0.15) is 0 Å². The number of aromatic nitrogens is 1. The maximum atomic E-state index is 6.24. The Labute approximate surface area is 136 Å². The molecule has 2 heterocycles. The number of halogens is 3. The smallest absolute Gasteiger partial charge is 0.131 e. The number of hydrogen-bond acceptors (Lipinski definition) is 5. The first-order valence-electron chi connectivity index (χ1n) is 5.34. The van der Waals surface area contributed by atoms with Gasteiger partial charge in [0, 0.05) is 6.20 Å². The highest BCUT2D eigenvalue weighted by Crippen LogP contribution is 2.49. The van der Waals surface area contributed by atoms with Crippen LogP contribution in [0.25, 0.3) is 0 Å². The second-order valence-electron chi connectivity index (χ2n) is 3.89. The van der Waals surface area contributed by atoms with Gasteiger partial charge in [-0.05, 0) is 22.0 Å². The van der Waals surface area contributed by atoms with E-state index in [2.05, 4.69) is 35.0 Å². The molecule has 5 nitrogen and oxygen atoms in total. The van der Waals surface area contributed by atoms with Gasteiger partial charge in [0.25, 0.3) is 0 Å². The van der Waals surface area contributed by atoms with Gasteiger partial charge in [-0.1, -0.05) is 23.2 Å². The summed E-state index contributed by atoms with van der Waals surface area (Å²) in [6.07, 6.45) is 3.19. The monoisotopic (exact) mass is 389 g/mol. The lowest BCUT2D eigenvalue weighted by Gasteiger charge is -2.14. The van der Waals surface area contributed by atoms with E-state index in [0.717, 1.165) is 15.8 Å². The molecular formula is C11H6BrCl2N5S. The summed E-state index contributed by atoms with van der Waals surface area (Å²) in [7, 11) is 0. The van der Waals surface area contributed by atoms with Crippen LogP contribution < -0.4 is 11.1 Å². The van der Waals surface area contributed by atoms with Crippen LogP contribution in [0.3, 0.4) is 0 Å². The summed E-state index contributed by atoms with van der Waals surface area (Å²) < 4.78 is 9.10. The highest BCUT2D eigenvalue weighted by atomic mass is 79.9. The average molecular weight is 391 g/mol. The summed E-state index contributed by atoms with van der Waals surface area (Å²) in [5, 5.41) is 4.07. The van der Waals surface area contributed by atoms with Gasteiger partial charge >= 0.3 is 0 Å². The second-order valence-corrected chi connectivity index (χ2v) is 6.08. The Bertz CT molecular complexity index is 769. The van der Waals surface area contributed by atoms with Crippen LogP contribution in [0.2, 0.25) is 10.0 Å². The largest absolute Gasteiger partial charge is 0.396 e. The van der Waals surface area contributed by atoms with Gasteiger partial charge in [0.05, 0.1) is 49.1 Å². The molecule has 20 heavy (non-hydrogen) atoms. The quantitative estimate of drug-likeness (QED) is 0.630. The number of nitrogens with zero attached hydrogens (tertiary/aromatic N) is 3. The molecule has 102 valence electrons. The Morgan fingerprint density at radius 1 is 1.10 bits per heavy atom. The fourth-order valence-electron chi connectivity index (χ4n) is 1.70. The molecular weight excluding hydrogens is 385 g/mol. The molecule has 1 aromatic heterocycles. The highest BCUT2D eigenvalue weighted by Gasteiger charge is 2.20. The van der Waals surface area contributed by atoms with Crippen molar-refractivity contribution in [3.63, 3.8) is 0 Å². The van der Waals surface area contributed by atoms with Crippen LogP contribution in [0.5, 0.6) is 0 Å². The zero-order valence-corrected chi connectivity index (χ0v) is 13.6. The van der Waals surface area contributed by atoms with E-state index in [-0.39, 0.29) is 0 Å². The van der Waals surface area contributed by atoms with E-state index in [9.17, 15) is 0 Å². The van der Waals surface area contributed by atoms with E-state index in [1.54, 1.807) is 18.5 Å². The average Bonchev–Trinajstić information content (AvgIpc) is 2.87. The highest BCUT2D eigenvalue weighted by molar-refractivity contribution is 9.10. The number of hydrogen-bond donors (Lipinski definition) is 2. The van der Waals surface area contributed by atoms with Crippen molar-refractivity contribution in [3.05, 3.63) is 33.0 Å². The SMILES string of the molecule is Nc1cncc(Br)c1Nc1c(Cl)cc(Cl)c2c1N=S=N2. The summed E-state index contributed by atoms with van der Waals surface area (Å²) in [6, 6.07) is 1.63. The summed E-state index contributed by atoms with van der Waals surface area (Å²) in [5.74, 6) is 0. The molecule has 0 radical (unpaired) electrons. The minimum Gasteiger partial charge on any atom is -0.396 e. The Kier molecular flexibility index (Phi) is 3.68. The molecule has 3 rings (SSSR count). The van der Waals surface area contributed by atoms with Gasteiger partial charge in [-0.2, -0.15) is 8.73 Å². The predicted molar refractivity (Wildman–Crippen MR) is 87.6 cm³/mol.